The van der Waals surface area contributed by atoms with Crippen molar-refractivity contribution in [2.75, 3.05) is 13.2 Å². The zero-order chi connectivity index (χ0) is 44.7. The molecule has 4 nitrogen and oxygen atoms in total. The van der Waals surface area contributed by atoms with E-state index in [1.807, 2.05) is 22.7 Å². The number of hydrogen-bond donors (Lipinski definition) is 0. The van der Waals surface area contributed by atoms with Gasteiger partial charge in [0.05, 0.1) is 22.6 Å². The number of unbranched alkanes of at least 4 members (excludes halogenated alkanes) is 6. The third-order valence-corrected chi connectivity index (χ3v) is 16.0. The zero-order valence-electron chi connectivity index (χ0n) is 38.5. The molecule has 0 amide bonds. The number of ether oxygens (including phenoxy) is 2. The molecule has 7 aromatic carbocycles. The molecule has 4 heterocycles. The second-order valence-electron chi connectivity index (χ2n) is 18.0. The van der Waals surface area contributed by atoms with Crippen molar-refractivity contribution in [2.24, 2.45) is 14.1 Å². The normalized spacial score (nSPS) is 11.9. The summed E-state index contributed by atoms with van der Waals surface area (Å²) in [6.45, 7) is 5.92. The van der Waals surface area contributed by atoms with Crippen LogP contribution in [0.3, 0.4) is 0 Å². The van der Waals surface area contributed by atoms with Crippen molar-refractivity contribution in [1.82, 2.24) is 9.13 Å². The van der Waals surface area contributed by atoms with E-state index in [9.17, 15) is 0 Å². The fraction of sp³-hybridized carbons (Fsp3) is 0.233. The summed E-state index contributed by atoms with van der Waals surface area (Å²) in [4.78, 5) is 2.45. The quantitative estimate of drug-likeness (QED) is 0.0904. The van der Waals surface area contributed by atoms with Gasteiger partial charge in [0.25, 0.3) is 0 Å². The van der Waals surface area contributed by atoms with E-state index in [4.69, 9.17) is 9.47 Å². The molecule has 11 rings (SSSR count). The van der Waals surface area contributed by atoms with Gasteiger partial charge >= 0.3 is 0 Å². The van der Waals surface area contributed by atoms with Gasteiger partial charge in [0.1, 0.15) is 11.5 Å². The largest absolute Gasteiger partial charge is 0.491 e. The third kappa shape index (κ3) is 7.84. The Morgan fingerprint density at radius 3 is 1.24 bits per heavy atom. The predicted octanol–water partition coefficient (Wildman–Crippen LogP) is 18.0. The van der Waals surface area contributed by atoms with Crippen LogP contribution in [-0.2, 0) is 14.1 Å². The van der Waals surface area contributed by atoms with Gasteiger partial charge in [-0.15, -0.1) is 22.7 Å². The molecule has 11 aromatic rings. The first-order valence-electron chi connectivity index (χ1n) is 23.9. The molecule has 66 heavy (non-hydrogen) atoms. The Bertz CT molecular complexity index is 3280. The van der Waals surface area contributed by atoms with Crippen molar-refractivity contribution in [1.29, 1.82) is 0 Å². The average Bonchev–Trinajstić information content (AvgIpc) is 4.15. The van der Waals surface area contributed by atoms with E-state index < -0.39 is 0 Å². The van der Waals surface area contributed by atoms with Crippen molar-refractivity contribution in [2.45, 2.75) is 65.2 Å². The number of benzene rings is 7. The summed E-state index contributed by atoms with van der Waals surface area (Å²) >= 11 is 3.68. The van der Waals surface area contributed by atoms with E-state index >= 15 is 0 Å². The van der Waals surface area contributed by atoms with E-state index in [0.717, 1.165) is 35.1 Å². The maximum atomic E-state index is 6.98. The minimum atomic E-state index is 0.695. The molecule has 6 heteroatoms. The summed E-state index contributed by atoms with van der Waals surface area (Å²) in [7, 11) is 4.37. The van der Waals surface area contributed by atoms with Crippen LogP contribution in [0.1, 0.15) is 65.2 Å². The van der Waals surface area contributed by atoms with Crippen molar-refractivity contribution in [3.63, 3.8) is 0 Å². The van der Waals surface area contributed by atoms with Gasteiger partial charge in [-0.2, -0.15) is 0 Å². The highest BCUT2D eigenvalue weighted by atomic mass is 32.1. The van der Waals surface area contributed by atoms with Crippen LogP contribution in [0.5, 0.6) is 11.5 Å². The summed E-state index contributed by atoms with van der Waals surface area (Å²) in [5, 5.41) is 9.82. The van der Waals surface area contributed by atoms with Crippen molar-refractivity contribution in [3.05, 3.63) is 146 Å². The molecule has 0 atom stereocenters. The molecular weight excluding hydrogens is 845 g/mol. The molecule has 0 saturated carbocycles. The molecule has 0 radical (unpaired) electrons. The van der Waals surface area contributed by atoms with E-state index in [0.29, 0.717) is 13.2 Å². The fourth-order valence-electron chi connectivity index (χ4n) is 9.94. The van der Waals surface area contributed by atoms with Crippen LogP contribution in [0.25, 0.3) is 107 Å². The average molecular weight is 901 g/mol. The highest BCUT2D eigenvalue weighted by Gasteiger charge is 2.24. The SMILES string of the molecule is CCCCCCOc1c2cc(-c3ccc4c(c3)cc(-c3ccc5ccccc5c3)n4C)sc2c(OCCCCCC)c2cc(-c3ccc4c(c3)cc(-c3ccc5ccccc5c3)n4C)sc12. The molecule has 0 N–H and O–H groups in total. The molecule has 0 fully saturated rings. The molecule has 0 aliphatic rings. The van der Waals surface area contributed by atoms with Gasteiger partial charge in [0.15, 0.2) is 0 Å². The van der Waals surface area contributed by atoms with Crippen LogP contribution in [-0.4, -0.2) is 22.3 Å². The number of aryl methyl sites for hydroxylation is 2. The van der Waals surface area contributed by atoms with Crippen LogP contribution >= 0.6 is 22.7 Å². The number of nitrogens with zero attached hydrogens (tertiary/aromatic N) is 2. The van der Waals surface area contributed by atoms with Gasteiger partial charge in [-0.1, -0.05) is 137 Å². The predicted molar refractivity (Wildman–Crippen MR) is 286 cm³/mol. The Balaban J connectivity index is 1.01. The Kier molecular flexibility index (Phi) is 11.6. The summed E-state index contributed by atoms with van der Waals surface area (Å²) in [5.74, 6) is 1.99. The van der Waals surface area contributed by atoms with Crippen molar-refractivity contribution < 1.29 is 9.47 Å². The Hall–Kier alpha value is -6.34. The minimum absolute atomic E-state index is 0.695. The molecular formula is C60H56N2O2S2. The second kappa shape index (κ2) is 18.1. The van der Waals surface area contributed by atoms with Crippen LogP contribution < -0.4 is 9.47 Å². The number of thiophene rings is 2. The maximum absolute atomic E-state index is 6.98. The molecule has 0 saturated heterocycles. The molecule has 0 unspecified atom stereocenters. The van der Waals surface area contributed by atoms with Gasteiger partial charge in [0.2, 0.25) is 0 Å². The summed E-state index contributed by atoms with van der Waals surface area (Å²) in [6, 6.07) is 54.1. The van der Waals surface area contributed by atoms with E-state index in [2.05, 4.69) is 183 Å². The van der Waals surface area contributed by atoms with Gasteiger partial charge < -0.3 is 18.6 Å². The topological polar surface area (TPSA) is 28.3 Å². The summed E-state index contributed by atoms with van der Waals surface area (Å²) in [5.41, 5.74) is 9.76. The number of hydrogen-bond acceptors (Lipinski definition) is 4. The first-order valence-corrected chi connectivity index (χ1v) is 25.6. The van der Waals surface area contributed by atoms with E-state index in [1.54, 1.807) is 0 Å². The Morgan fingerprint density at radius 2 is 0.803 bits per heavy atom. The Morgan fingerprint density at radius 1 is 0.394 bits per heavy atom. The molecule has 0 aliphatic carbocycles. The molecule has 4 aromatic heterocycles. The lowest BCUT2D eigenvalue weighted by atomic mass is 10.0. The molecule has 0 spiro atoms. The van der Waals surface area contributed by atoms with Crippen molar-refractivity contribution >= 4 is 86.2 Å². The lowest BCUT2D eigenvalue weighted by molar-refractivity contribution is 0.307. The van der Waals surface area contributed by atoms with Gasteiger partial charge in [-0.3, -0.25) is 0 Å². The lowest BCUT2D eigenvalue weighted by Gasteiger charge is -2.13. The lowest BCUT2D eigenvalue weighted by Crippen LogP contribution is -2.00. The van der Waals surface area contributed by atoms with Gasteiger partial charge in [-0.05, 0) is 117 Å². The number of fused-ring (bicyclic) bond motifs is 6. The zero-order valence-corrected chi connectivity index (χ0v) is 40.1. The van der Waals surface area contributed by atoms with Crippen LogP contribution in [0.15, 0.2) is 146 Å². The molecule has 0 aliphatic heterocycles. The standard InChI is InChI=1S/C60H56N2O2S2/c1-5-7-9-15-29-63-57-49-37-55(45-25-27-51-47(33-45)35-53(61(51)3)43-23-21-39-17-11-13-19-41(39)31-43)66-60(49)58(64-30-16-10-8-6-2)50-38-56(65-59(50)57)46-26-28-52-48(34-46)36-54(62(52)4)44-24-22-40-18-12-14-20-42(40)32-44/h11-14,17-28,31-38H,5-10,15-16,29-30H2,1-4H3. The van der Waals surface area contributed by atoms with E-state index in [1.165, 1.54) is 135 Å². The highest BCUT2D eigenvalue weighted by molar-refractivity contribution is 7.24. The number of aromatic nitrogens is 2. The summed E-state index contributed by atoms with van der Waals surface area (Å²) < 4.78 is 21.0. The summed E-state index contributed by atoms with van der Waals surface area (Å²) in [6.07, 6.45) is 9.26. The van der Waals surface area contributed by atoms with Gasteiger partial charge in [-0.25, -0.2) is 0 Å². The third-order valence-electron chi connectivity index (χ3n) is 13.6. The van der Waals surface area contributed by atoms with Crippen LogP contribution in [0, 0.1) is 0 Å². The highest BCUT2D eigenvalue weighted by Crippen LogP contribution is 2.53. The van der Waals surface area contributed by atoms with E-state index in [-0.39, 0.29) is 0 Å². The van der Waals surface area contributed by atoms with Crippen molar-refractivity contribution in [3.8, 4) is 54.9 Å². The molecule has 0 bridgehead atoms. The maximum Gasteiger partial charge on any atom is 0.146 e. The van der Waals surface area contributed by atoms with Crippen LogP contribution in [0.4, 0.5) is 0 Å². The number of rotatable bonds is 16. The molecule has 330 valence electrons. The van der Waals surface area contributed by atoms with Crippen LogP contribution in [0.2, 0.25) is 0 Å². The monoisotopic (exact) mass is 900 g/mol. The first kappa shape index (κ1) is 42.3. The Labute approximate surface area is 395 Å². The minimum Gasteiger partial charge on any atom is -0.491 e. The van der Waals surface area contributed by atoms with Gasteiger partial charge in [0, 0.05) is 67.8 Å². The smallest absolute Gasteiger partial charge is 0.146 e. The first-order chi connectivity index (χ1) is 32.4. The fourth-order valence-corrected chi connectivity index (χ4v) is 12.3. The second-order valence-corrected chi connectivity index (χ2v) is 20.1.